The van der Waals surface area contributed by atoms with Gasteiger partial charge in [0.25, 0.3) is 0 Å². The maximum absolute atomic E-state index is 12.3. The van der Waals surface area contributed by atoms with E-state index in [0.29, 0.717) is 30.3 Å². The summed E-state index contributed by atoms with van der Waals surface area (Å²) >= 11 is 6.56. The highest BCUT2D eigenvalue weighted by Gasteiger charge is 2.45. The number of hydrogen-bond acceptors (Lipinski definition) is 6. The fraction of sp³-hybridized carbons (Fsp3) is 0.909. The van der Waals surface area contributed by atoms with Gasteiger partial charge in [-0.25, -0.2) is 0 Å². The average Bonchev–Trinajstić information content (AvgIpc) is 3.50. The lowest BCUT2D eigenvalue weighted by Gasteiger charge is -2.29. The van der Waals surface area contributed by atoms with Crippen LogP contribution in [0, 0.1) is 23.7 Å². The van der Waals surface area contributed by atoms with Crippen LogP contribution in [0.25, 0.3) is 0 Å². The number of hydrogen-bond donors (Lipinski definition) is 1. The summed E-state index contributed by atoms with van der Waals surface area (Å²) in [5.74, 6) is 1.16. The second kappa shape index (κ2) is 9.63. The first kappa shape index (κ1) is 20.9. The maximum atomic E-state index is 12.3. The minimum atomic E-state index is -0.0154. The van der Waals surface area contributed by atoms with Crippen LogP contribution in [0.1, 0.15) is 70.6 Å². The Hall–Kier alpha value is -0.360. The van der Waals surface area contributed by atoms with Gasteiger partial charge in [0, 0.05) is 15.7 Å². The third-order valence-corrected chi connectivity index (χ3v) is 9.15. The molecule has 5 unspecified atom stereocenters. The fourth-order valence-electron chi connectivity index (χ4n) is 5.20. The zero-order chi connectivity index (χ0) is 19.5. The molecule has 6 heteroatoms. The van der Waals surface area contributed by atoms with E-state index in [-0.39, 0.29) is 23.8 Å². The molecular formula is C22H34O4S2. The number of rotatable bonds is 6. The first-order valence-electron chi connectivity index (χ1n) is 11.2. The van der Waals surface area contributed by atoms with Crippen molar-refractivity contribution in [1.29, 1.82) is 0 Å². The molecule has 0 aromatic rings. The van der Waals surface area contributed by atoms with Gasteiger partial charge in [0.2, 0.25) is 0 Å². The number of fused-ring (bicyclic) bond motifs is 1. The zero-order valence-corrected chi connectivity index (χ0v) is 18.4. The van der Waals surface area contributed by atoms with Gasteiger partial charge in [-0.3, -0.25) is 9.59 Å². The highest BCUT2D eigenvalue weighted by molar-refractivity contribution is 8.07. The Balaban J connectivity index is 1.09. The van der Waals surface area contributed by atoms with Gasteiger partial charge >= 0.3 is 11.9 Å². The van der Waals surface area contributed by atoms with E-state index >= 15 is 0 Å². The molecule has 3 saturated carbocycles. The molecule has 1 aliphatic heterocycles. The van der Waals surface area contributed by atoms with Crippen molar-refractivity contribution < 1.29 is 19.1 Å². The Morgan fingerprint density at radius 2 is 1.36 bits per heavy atom. The van der Waals surface area contributed by atoms with E-state index in [1.165, 1.54) is 6.42 Å². The van der Waals surface area contributed by atoms with Crippen molar-refractivity contribution in [2.75, 3.05) is 13.2 Å². The smallest absolute Gasteiger partial charge is 0.308 e. The molecule has 4 fully saturated rings. The zero-order valence-electron chi connectivity index (χ0n) is 16.7. The molecule has 0 aromatic carbocycles. The van der Waals surface area contributed by atoms with E-state index in [4.69, 9.17) is 9.47 Å². The molecule has 1 heterocycles. The lowest BCUT2D eigenvalue weighted by atomic mass is 9.82. The summed E-state index contributed by atoms with van der Waals surface area (Å²) in [5.41, 5.74) is 0. The molecule has 4 aliphatic rings. The Labute approximate surface area is 178 Å². The molecule has 4 nitrogen and oxygen atoms in total. The van der Waals surface area contributed by atoms with Crippen molar-refractivity contribution in [2.24, 2.45) is 23.7 Å². The van der Waals surface area contributed by atoms with Crippen molar-refractivity contribution in [3.63, 3.8) is 0 Å². The fourth-order valence-corrected chi connectivity index (χ4v) is 6.85. The third-order valence-electron chi connectivity index (χ3n) is 7.21. The number of ether oxygens (including phenoxy) is 2. The minimum Gasteiger partial charge on any atom is -0.465 e. The van der Waals surface area contributed by atoms with Crippen LogP contribution in [-0.2, 0) is 19.1 Å². The van der Waals surface area contributed by atoms with E-state index in [2.05, 4.69) is 12.6 Å². The van der Waals surface area contributed by atoms with Gasteiger partial charge in [-0.1, -0.05) is 6.42 Å². The molecular weight excluding hydrogens is 392 g/mol. The number of thioether (sulfide) groups is 1. The van der Waals surface area contributed by atoms with Gasteiger partial charge in [0.15, 0.2) is 0 Å². The lowest BCUT2D eigenvalue weighted by Crippen LogP contribution is -2.29. The summed E-state index contributed by atoms with van der Waals surface area (Å²) in [4.78, 5) is 24.6. The third kappa shape index (κ3) is 5.62. The first-order valence-corrected chi connectivity index (χ1v) is 12.7. The van der Waals surface area contributed by atoms with Crippen molar-refractivity contribution in [3.05, 3.63) is 0 Å². The molecule has 1 saturated heterocycles. The summed E-state index contributed by atoms with van der Waals surface area (Å²) in [5, 5.41) is 1.92. The number of carbonyl (C=O) groups is 2. The van der Waals surface area contributed by atoms with E-state index in [9.17, 15) is 9.59 Å². The van der Waals surface area contributed by atoms with Crippen LogP contribution in [0.3, 0.4) is 0 Å². The summed E-state index contributed by atoms with van der Waals surface area (Å²) in [6, 6.07) is 0. The Kier molecular flexibility index (Phi) is 7.19. The second-order valence-corrected chi connectivity index (χ2v) is 11.6. The van der Waals surface area contributed by atoms with Crippen LogP contribution in [0.15, 0.2) is 0 Å². The van der Waals surface area contributed by atoms with E-state index < -0.39 is 0 Å². The highest BCUT2D eigenvalue weighted by atomic mass is 32.2. The molecule has 4 rings (SSSR count). The lowest BCUT2D eigenvalue weighted by molar-refractivity contribution is -0.153. The van der Waals surface area contributed by atoms with Gasteiger partial charge in [-0.15, -0.1) is 0 Å². The van der Waals surface area contributed by atoms with Gasteiger partial charge in [0.05, 0.1) is 25.0 Å². The van der Waals surface area contributed by atoms with Crippen molar-refractivity contribution in [1.82, 2.24) is 0 Å². The molecule has 0 radical (unpaired) electrons. The summed E-state index contributed by atoms with van der Waals surface area (Å²) < 4.78 is 11.3. The molecule has 0 spiro atoms. The van der Waals surface area contributed by atoms with Crippen LogP contribution in [-0.4, -0.2) is 40.9 Å². The van der Waals surface area contributed by atoms with E-state index in [1.54, 1.807) is 0 Å². The largest absolute Gasteiger partial charge is 0.465 e. The number of thiol groups is 1. The molecule has 0 bridgehead atoms. The van der Waals surface area contributed by atoms with E-state index in [1.807, 2.05) is 11.8 Å². The highest BCUT2D eigenvalue weighted by Crippen LogP contribution is 2.52. The summed E-state index contributed by atoms with van der Waals surface area (Å²) in [6.07, 6.45) is 11.5. The molecule has 5 atom stereocenters. The molecule has 0 amide bonds. The average molecular weight is 427 g/mol. The molecule has 3 aliphatic carbocycles. The van der Waals surface area contributed by atoms with Crippen LogP contribution in [0.5, 0.6) is 0 Å². The van der Waals surface area contributed by atoms with Crippen LogP contribution in [0.2, 0.25) is 0 Å². The summed E-state index contributed by atoms with van der Waals surface area (Å²) in [6.45, 7) is 1.13. The van der Waals surface area contributed by atoms with Crippen molar-refractivity contribution in [2.45, 2.75) is 86.4 Å². The predicted octanol–water partition coefficient (Wildman–Crippen LogP) is 4.65. The molecule has 0 N–H and O–H groups in total. The normalized spacial score (nSPS) is 40.2. The van der Waals surface area contributed by atoms with Crippen LogP contribution >= 0.6 is 24.4 Å². The second-order valence-electron chi connectivity index (χ2n) is 9.39. The van der Waals surface area contributed by atoms with Gasteiger partial charge < -0.3 is 9.47 Å². The molecule has 28 heavy (non-hydrogen) atoms. The topological polar surface area (TPSA) is 52.6 Å². The molecule has 158 valence electrons. The Bertz CT molecular complexity index is 531. The number of esters is 2. The van der Waals surface area contributed by atoms with Gasteiger partial charge in [-0.2, -0.15) is 24.4 Å². The standard InChI is InChI=1S/C22H34O4S2/c23-21(16-2-1-3-18(27)10-16)25-12-14-4-6-15(7-5-14)13-26-22(24)17-8-9-19-20(11-17)28-19/h14-20,27H,1-13H2. The monoisotopic (exact) mass is 426 g/mol. The Morgan fingerprint density at radius 1 is 0.750 bits per heavy atom. The van der Waals surface area contributed by atoms with Crippen LogP contribution in [0.4, 0.5) is 0 Å². The number of carbonyl (C=O) groups excluding carboxylic acids is 2. The van der Waals surface area contributed by atoms with Crippen molar-refractivity contribution in [3.8, 4) is 0 Å². The van der Waals surface area contributed by atoms with E-state index in [0.717, 1.165) is 74.7 Å². The van der Waals surface area contributed by atoms with Crippen LogP contribution < -0.4 is 0 Å². The van der Waals surface area contributed by atoms with Gasteiger partial charge in [-0.05, 0) is 76.0 Å². The predicted molar refractivity (Wildman–Crippen MR) is 115 cm³/mol. The SMILES string of the molecule is O=C(OCC1CCC(COC(=O)C2CCC3SC3C2)CC1)C1CCCC(S)C1. The van der Waals surface area contributed by atoms with Gasteiger partial charge in [0.1, 0.15) is 0 Å². The summed E-state index contributed by atoms with van der Waals surface area (Å²) in [7, 11) is 0. The quantitative estimate of drug-likeness (QED) is 0.381. The maximum Gasteiger partial charge on any atom is 0.308 e. The molecule has 0 aromatic heterocycles. The minimum absolute atomic E-state index is 0.0154. The van der Waals surface area contributed by atoms with Crippen molar-refractivity contribution >= 4 is 36.3 Å². The first-order chi connectivity index (χ1) is 13.6. The Morgan fingerprint density at radius 3 is 1.93 bits per heavy atom.